The van der Waals surface area contributed by atoms with Crippen molar-refractivity contribution in [1.82, 2.24) is 9.38 Å². The van der Waals surface area contributed by atoms with Crippen LogP contribution in [0.5, 0.6) is 0 Å². The standard InChI is InChI=1S/C21H31ClN5/c1-16(13-14-26(2)3)23-17-7-9-18(10-8-17)24-25-21-12-11-19(15-20(21)22)27(4,5)6/h7-12,15-16,23H,13-14H2,1-6H3/q+1. The smallest absolute Gasteiger partial charge is 0.133 e. The summed E-state index contributed by atoms with van der Waals surface area (Å²) in [6.45, 7) is 3.26. The molecule has 1 atom stereocenters. The van der Waals surface area contributed by atoms with Gasteiger partial charge in [0.15, 0.2) is 0 Å². The van der Waals surface area contributed by atoms with Crippen molar-refractivity contribution < 1.29 is 0 Å². The Balaban J connectivity index is 2.00. The molecule has 0 aliphatic heterocycles. The fourth-order valence-electron chi connectivity index (χ4n) is 2.54. The van der Waals surface area contributed by atoms with E-state index in [1.165, 1.54) is 0 Å². The summed E-state index contributed by atoms with van der Waals surface area (Å²) >= 11 is 6.36. The largest absolute Gasteiger partial charge is 0.383 e. The van der Waals surface area contributed by atoms with Gasteiger partial charge in [-0.1, -0.05) is 11.6 Å². The maximum Gasteiger partial charge on any atom is 0.133 e. The molecule has 1 N–H and O–H groups in total. The lowest BCUT2D eigenvalue weighted by atomic mass is 10.2. The lowest BCUT2D eigenvalue weighted by Crippen LogP contribution is -2.34. The predicted octanol–water partition coefficient (Wildman–Crippen LogP) is 5.70. The van der Waals surface area contributed by atoms with Crippen LogP contribution in [-0.4, -0.2) is 52.7 Å². The molecule has 0 bridgehead atoms. The van der Waals surface area contributed by atoms with E-state index in [0.29, 0.717) is 21.2 Å². The van der Waals surface area contributed by atoms with E-state index in [0.717, 1.165) is 30.0 Å². The van der Waals surface area contributed by atoms with E-state index in [1.807, 2.05) is 42.5 Å². The monoisotopic (exact) mass is 388 g/mol. The molecule has 2 aromatic carbocycles. The highest BCUT2D eigenvalue weighted by Gasteiger charge is 2.13. The summed E-state index contributed by atoms with van der Waals surface area (Å²) in [4.78, 5) is 2.19. The van der Waals surface area contributed by atoms with Crippen molar-refractivity contribution in [2.45, 2.75) is 19.4 Å². The summed E-state index contributed by atoms with van der Waals surface area (Å²) in [5, 5.41) is 12.7. The van der Waals surface area contributed by atoms with Crippen molar-refractivity contribution in [3.05, 3.63) is 47.5 Å². The summed E-state index contributed by atoms with van der Waals surface area (Å²) in [7, 11) is 10.5. The van der Waals surface area contributed by atoms with Gasteiger partial charge < -0.3 is 10.2 Å². The number of benzene rings is 2. The molecule has 0 spiro atoms. The van der Waals surface area contributed by atoms with E-state index in [9.17, 15) is 0 Å². The predicted molar refractivity (Wildman–Crippen MR) is 118 cm³/mol. The Labute approximate surface area is 168 Å². The molecule has 0 fully saturated rings. The minimum atomic E-state index is 0.415. The molecule has 6 heteroatoms. The van der Waals surface area contributed by atoms with E-state index in [4.69, 9.17) is 11.6 Å². The number of azo groups is 1. The number of nitrogens with one attached hydrogen (secondary N) is 1. The first-order chi connectivity index (χ1) is 12.6. The third kappa shape index (κ3) is 6.94. The van der Waals surface area contributed by atoms with Gasteiger partial charge >= 0.3 is 0 Å². The quantitative estimate of drug-likeness (QED) is 0.465. The van der Waals surface area contributed by atoms with Gasteiger partial charge in [-0.15, -0.1) is 5.11 Å². The molecule has 146 valence electrons. The van der Waals surface area contributed by atoms with Gasteiger partial charge in [0.2, 0.25) is 0 Å². The second kappa shape index (κ2) is 9.31. The summed E-state index contributed by atoms with van der Waals surface area (Å²) in [5.74, 6) is 0. The maximum atomic E-state index is 6.36. The van der Waals surface area contributed by atoms with Gasteiger partial charge in [-0.2, -0.15) is 5.11 Å². The Morgan fingerprint density at radius 3 is 2.26 bits per heavy atom. The minimum Gasteiger partial charge on any atom is -0.383 e. The number of hydrogen-bond donors (Lipinski definition) is 1. The highest BCUT2D eigenvalue weighted by molar-refractivity contribution is 6.33. The second-order valence-electron chi connectivity index (χ2n) is 8.03. The first kappa shape index (κ1) is 21.4. The topological polar surface area (TPSA) is 40.0 Å². The number of anilines is 1. The molecule has 27 heavy (non-hydrogen) atoms. The molecule has 2 aromatic rings. The van der Waals surface area contributed by atoms with Crippen molar-refractivity contribution in [1.29, 1.82) is 0 Å². The molecular formula is C21H31ClN5+. The van der Waals surface area contributed by atoms with Crippen LogP contribution in [0.15, 0.2) is 52.7 Å². The zero-order chi connectivity index (χ0) is 20.0. The highest BCUT2D eigenvalue weighted by atomic mass is 35.5. The Bertz CT molecular complexity index is 763. The molecule has 0 saturated carbocycles. The first-order valence-electron chi connectivity index (χ1n) is 9.20. The molecule has 0 heterocycles. The molecular weight excluding hydrogens is 358 g/mol. The molecule has 0 aliphatic carbocycles. The van der Waals surface area contributed by atoms with E-state index in [-0.39, 0.29) is 0 Å². The van der Waals surface area contributed by atoms with Crippen molar-refractivity contribution in [2.75, 3.05) is 47.1 Å². The number of halogens is 1. The van der Waals surface area contributed by atoms with E-state index in [2.05, 4.69) is 62.6 Å². The van der Waals surface area contributed by atoms with Crippen LogP contribution in [0, 0.1) is 0 Å². The van der Waals surface area contributed by atoms with Crippen molar-refractivity contribution >= 4 is 34.4 Å². The Morgan fingerprint density at radius 2 is 1.70 bits per heavy atom. The van der Waals surface area contributed by atoms with Crippen LogP contribution < -0.4 is 9.80 Å². The second-order valence-corrected chi connectivity index (χ2v) is 8.44. The fourth-order valence-corrected chi connectivity index (χ4v) is 2.75. The Hall–Kier alpha value is -1.95. The molecule has 1 unspecified atom stereocenters. The lowest BCUT2D eigenvalue weighted by Gasteiger charge is -2.23. The molecule has 0 amide bonds. The van der Waals surface area contributed by atoms with E-state index < -0.39 is 0 Å². The van der Waals surface area contributed by atoms with Gasteiger partial charge in [-0.3, -0.25) is 4.48 Å². The number of quaternary nitrogens is 1. The normalized spacial score (nSPS) is 13.3. The summed E-state index contributed by atoms with van der Waals surface area (Å²) in [6, 6.07) is 14.3. The molecule has 5 nitrogen and oxygen atoms in total. The molecule has 0 radical (unpaired) electrons. The van der Waals surface area contributed by atoms with Crippen LogP contribution in [0.1, 0.15) is 13.3 Å². The van der Waals surface area contributed by atoms with Crippen LogP contribution in [0.2, 0.25) is 5.02 Å². The molecule has 0 saturated heterocycles. The minimum absolute atomic E-state index is 0.415. The summed E-state index contributed by atoms with van der Waals surface area (Å²) in [5.41, 5.74) is 3.69. The van der Waals surface area contributed by atoms with Gasteiger partial charge in [-0.05, 0) is 64.3 Å². The zero-order valence-electron chi connectivity index (χ0n) is 17.2. The zero-order valence-corrected chi connectivity index (χ0v) is 18.0. The van der Waals surface area contributed by atoms with E-state index in [1.54, 1.807) is 0 Å². The lowest BCUT2D eigenvalue weighted by molar-refractivity contribution is 0.390. The highest BCUT2D eigenvalue weighted by Crippen LogP contribution is 2.32. The maximum absolute atomic E-state index is 6.36. The van der Waals surface area contributed by atoms with Crippen molar-refractivity contribution in [3.63, 3.8) is 0 Å². The number of hydrogen-bond acceptors (Lipinski definition) is 4. The van der Waals surface area contributed by atoms with Crippen LogP contribution >= 0.6 is 11.6 Å². The van der Waals surface area contributed by atoms with E-state index >= 15 is 0 Å². The van der Waals surface area contributed by atoms with Crippen LogP contribution in [0.4, 0.5) is 22.7 Å². The number of rotatable bonds is 8. The third-order valence-electron chi connectivity index (χ3n) is 4.27. The van der Waals surface area contributed by atoms with Crippen LogP contribution in [0.25, 0.3) is 0 Å². The molecule has 0 aromatic heterocycles. The van der Waals surface area contributed by atoms with Gasteiger partial charge in [0, 0.05) is 23.9 Å². The van der Waals surface area contributed by atoms with Crippen molar-refractivity contribution in [3.8, 4) is 0 Å². The Morgan fingerprint density at radius 1 is 1.04 bits per heavy atom. The van der Waals surface area contributed by atoms with Crippen molar-refractivity contribution in [2.24, 2.45) is 10.2 Å². The van der Waals surface area contributed by atoms with Gasteiger partial charge in [0.05, 0.1) is 31.9 Å². The van der Waals surface area contributed by atoms with Crippen LogP contribution in [0.3, 0.4) is 0 Å². The van der Waals surface area contributed by atoms with Gasteiger partial charge in [-0.25, -0.2) is 0 Å². The summed E-state index contributed by atoms with van der Waals surface area (Å²) < 4.78 is 0.707. The molecule has 0 aliphatic rings. The van der Waals surface area contributed by atoms with Crippen LogP contribution in [-0.2, 0) is 0 Å². The first-order valence-corrected chi connectivity index (χ1v) is 9.57. The summed E-state index contributed by atoms with van der Waals surface area (Å²) in [6.07, 6.45) is 1.09. The molecule has 2 rings (SSSR count). The average molecular weight is 389 g/mol. The van der Waals surface area contributed by atoms with Gasteiger partial charge in [0.25, 0.3) is 0 Å². The third-order valence-corrected chi connectivity index (χ3v) is 4.57. The average Bonchev–Trinajstić information content (AvgIpc) is 2.59. The number of nitrogens with zero attached hydrogens (tertiary/aromatic N) is 4. The van der Waals surface area contributed by atoms with Gasteiger partial charge in [0.1, 0.15) is 11.4 Å². The fraction of sp³-hybridized carbons (Fsp3) is 0.429. The Kier molecular flexibility index (Phi) is 7.36. The SMILES string of the molecule is CC(CCN(C)C)Nc1ccc(N=Nc2ccc([N+](C)(C)C)cc2Cl)cc1.